The van der Waals surface area contributed by atoms with E-state index < -0.39 is 40.6 Å². The third-order valence-corrected chi connectivity index (χ3v) is 4.70. The number of rotatable bonds is 7. The van der Waals surface area contributed by atoms with Gasteiger partial charge >= 0.3 is 5.97 Å². The van der Waals surface area contributed by atoms with E-state index >= 15 is 0 Å². The molecule has 0 radical (unpaired) electrons. The van der Waals surface area contributed by atoms with Gasteiger partial charge in [0.05, 0.1) is 0 Å². The smallest absolute Gasteiger partial charge is 0.353 e. The molecule has 1 aromatic heterocycles. The number of anilines is 1. The molecule has 11 nitrogen and oxygen atoms in total. The highest BCUT2D eigenvalue weighted by Gasteiger charge is 2.50. The molecular formula is C14H13N5O6S2. The predicted octanol–water partition coefficient (Wildman–Crippen LogP) is -0.790. The van der Waals surface area contributed by atoms with E-state index in [0.717, 1.165) is 22.3 Å². The number of nitrogens with one attached hydrogen (secondary N) is 1. The van der Waals surface area contributed by atoms with Crippen LogP contribution in [0.25, 0.3) is 0 Å². The van der Waals surface area contributed by atoms with Gasteiger partial charge in [0.1, 0.15) is 22.8 Å². The largest absolute Gasteiger partial charge is 0.477 e. The Kier molecular flexibility index (Phi) is 5.97. The van der Waals surface area contributed by atoms with Crippen molar-refractivity contribution in [2.75, 3.05) is 5.73 Å². The fourth-order valence-corrected chi connectivity index (χ4v) is 3.22. The lowest BCUT2D eigenvalue weighted by atomic mass is 10.0. The minimum Gasteiger partial charge on any atom is -0.477 e. The lowest BCUT2D eigenvalue weighted by Crippen LogP contribution is -2.69. The molecule has 0 aliphatic carbocycles. The molecule has 0 aromatic carbocycles. The molecule has 2 rings (SSSR count). The number of carbonyl (C=O) groups is 4. The standard InChI is InChI=1S/C14H13N5O6S2/c1-2-5(3-20)9(13(23)24)19-11(22)8(12(19)26)17-10(21)7(18-25)6-4-27-14(15)16-6/h2-4,8,12,25-26H,1H2,(H2,15,16)(H,17,21)(H,23,24)/b9-5?,18-7-/t8-,12-/m1/s1. The van der Waals surface area contributed by atoms with Crippen LogP contribution in [0, 0.1) is 0 Å². The molecule has 2 atom stereocenters. The summed E-state index contributed by atoms with van der Waals surface area (Å²) in [4.78, 5) is 51.5. The van der Waals surface area contributed by atoms with Gasteiger partial charge in [-0.25, -0.2) is 9.78 Å². The van der Waals surface area contributed by atoms with Crippen molar-refractivity contribution >= 4 is 58.9 Å². The molecule has 1 fully saturated rings. The quantitative estimate of drug-likeness (QED) is 0.0567. The van der Waals surface area contributed by atoms with E-state index in [-0.39, 0.29) is 22.7 Å². The first kappa shape index (κ1) is 20.1. The number of hydrogen-bond donors (Lipinski definition) is 5. The highest BCUT2D eigenvalue weighted by atomic mass is 32.1. The summed E-state index contributed by atoms with van der Waals surface area (Å²) in [5.74, 6) is -3.30. The van der Waals surface area contributed by atoms with Crippen molar-refractivity contribution in [3.63, 3.8) is 0 Å². The van der Waals surface area contributed by atoms with Crippen molar-refractivity contribution < 1.29 is 29.5 Å². The number of carboxylic acid groups (broad SMARTS) is 1. The number of oxime groups is 1. The van der Waals surface area contributed by atoms with Crippen LogP contribution in [0.3, 0.4) is 0 Å². The topological polar surface area (TPSA) is 175 Å². The molecule has 1 saturated heterocycles. The van der Waals surface area contributed by atoms with Crippen molar-refractivity contribution in [2.45, 2.75) is 11.4 Å². The number of thiol groups is 1. The second kappa shape index (κ2) is 8.01. The predicted molar refractivity (Wildman–Crippen MR) is 97.3 cm³/mol. The normalized spacial score (nSPS) is 20.4. The highest BCUT2D eigenvalue weighted by Crippen LogP contribution is 2.30. The molecule has 5 N–H and O–H groups in total. The van der Waals surface area contributed by atoms with Crippen LogP contribution in [0.2, 0.25) is 0 Å². The Bertz CT molecular complexity index is 882. The SMILES string of the molecule is C=CC(C=O)=C(C(=O)O)N1C(=O)[C@@H](NC(=O)/C(=N\O)c2csc(N)n2)[C@H]1S. The van der Waals surface area contributed by atoms with Crippen LogP contribution in [0.1, 0.15) is 5.69 Å². The fraction of sp³-hybridized carbons (Fsp3) is 0.143. The molecule has 142 valence electrons. The first-order chi connectivity index (χ1) is 12.8. The maximum atomic E-state index is 12.3. The first-order valence-corrected chi connectivity index (χ1v) is 8.47. The number of aromatic nitrogens is 1. The number of carboxylic acids is 1. The third kappa shape index (κ3) is 3.68. The van der Waals surface area contributed by atoms with Gasteiger partial charge in [0.2, 0.25) is 0 Å². The zero-order valence-corrected chi connectivity index (χ0v) is 15.1. The Morgan fingerprint density at radius 3 is 2.59 bits per heavy atom. The second-order valence-corrected chi connectivity index (χ2v) is 6.44. The Balaban J connectivity index is 2.21. The molecule has 2 heterocycles. The van der Waals surface area contributed by atoms with Crippen LogP contribution in [-0.4, -0.2) is 61.4 Å². The molecular weight excluding hydrogens is 398 g/mol. The van der Waals surface area contributed by atoms with Crippen LogP contribution >= 0.6 is 24.0 Å². The third-order valence-electron chi connectivity index (χ3n) is 3.50. The van der Waals surface area contributed by atoms with Gasteiger partial charge in [0, 0.05) is 11.0 Å². The summed E-state index contributed by atoms with van der Waals surface area (Å²) in [5.41, 5.74) is 4.04. The minimum atomic E-state index is -1.54. The zero-order chi connectivity index (χ0) is 20.3. The van der Waals surface area contributed by atoms with E-state index in [1.54, 1.807) is 0 Å². The van der Waals surface area contributed by atoms with Gasteiger partial charge in [0.15, 0.2) is 17.1 Å². The molecule has 1 aliphatic rings. The molecule has 1 aromatic rings. The van der Waals surface area contributed by atoms with E-state index in [1.807, 2.05) is 0 Å². The number of nitrogens with zero attached hydrogens (tertiary/aromatic N) is 3. The number of hydrogen-bond acceptors (Lipinski definition) is 10. The monoisotopic (exact) mass is 411 g/mol. The summed E-state index contributed by atoms with van der Waals surface area (Å²) < 4.78 is 0. The molecule has 27 heavy (non-hydrogen) atoms. The Morgan fingerprint density at radius 1 is 1.52 bits per heavy atom. The summed E-state index contributed by atoms with van der Waals surface area (Å²) in [7, 11) is 0. The van der Waals surface area contributed by atoms with E-state index in [2.05, 4.69) is 34.7 Å². The number of nitrogen functional groups attached to an aromatic ring is 1. The zero-order valence-electron chi connectivity index (χ0n) is 13.4. The van der Waals surface area contributed by atoms with Gasteiger partial charge < -0.3 is 21.4 Å². The average molecular weight is 411 g/mol. The summed E-state index contributed by atoms with van der Waals surface area (Å²) in [6.07, 6.45) is 1.22. The van der Waals surface area contributed by atoms with Crippen LogP contribution in [0.15, 0.2) is 34.5 Å². The van der Waals surface area contributed by atoms with Crippen LogP contribution < -0.4 is 11.1 Å². The maximum absolute atomic E-state index is 12.3. The number of nitrogens with two attached hydrogens (primary N) is 1. The Labute approximate surface area is 161 Å². The molecule has 0 saturated carbocycles. The molecule has 2 amide bonds. The van der Waals surface area contributed by atoms with Crippen molar-refractivity contribution in [1.29, 1.82) is 0 Å². The van der Waals surface area contributed by atoms with Crippen LogP contribution in [-0.2, 0) is 19.2 Å². The van der Waals surface area contributed by atoms with Gasteiger partial charge in [0.25, 0.3) is 11.8 Å². The number of amides is 2. The lowest BCUT2D eigenvalue weighted by molar-refractivity contribution is -0.150. The summed E-state index contributed by atoms with van der Waals surface area (Å²) in [6, 6.07) is -1.22. The van der Waals surface area contributed by atoms with E-state index in [4.69, 9.17) is 10.9 Å². The van der Waals surface area contributed by atoms with Crippen LogP contribution in [0.5, 0.6) is 0 Å². The average Bonchev–Trinajstić information content (AvgIpc) is 3.06. The summed E-state index contributed by atoms with van der Waals surface area (Å²) >= 11 is 5.12. The van der Waals surface area contributed by atoms with Gasteiger partial charge in [-0.2, -0.15) is 12.6 Å². The number of aliphatic carboxylic acids is 1. The molecule has 0 unspecified atom stereocenters. The minimum absolute atomic E-state index is 0.00198. The first-order valence-electron chi connectivity index (χ1n) is 7.07. The van der Waals surface area contributed by atoms with Crippen molar-refractivity contribution in [2.24, 2.45) is 5.16 Å². The molecule has 13 heteroatoms. The van der Waals surface area contributed by atoms with Crippen molar-refractivity contribution in [3.05, 3.63) is 35.0 Å². The van der Waals surface area contributed by atoms with Crippen LogP contribution in [0.4, 0.5) is 5.13 Å². The van der Waals surface area contributed by atoms with Crippen molar-refractivity contribution in [1.82, 2.24) is 15.2 Å². The molecule has 0 bridgehead atoms. The number of aldehydes is 1. The number of thiazole rings is 1. The van der Waals surface area contributed by atoms with E-state index in [1.165, 1.54) is 5.38 Å². The highest BCUT2D eigenvalue weighted by molar-refractivity contribution is 7.81. The number of β-lactam (4-membered cyclic amide) rings is 1. The van der Waals surface area contributed by atoms with Gasteiger partial charge in [-0.05, 0) is 0 Å². The number of allylic oxidation sites excluding steroid dienone is 2. The Hall–Kier alpha value is -3.19. The van der Waals surface area contributed by atoms with E-state index in [0.29, 0.717) is 0 Å². The van der Waals surface area contributed by atoms with Gasteiger partial charge in [-0.3, -0.25) is 19.3 Å². The molecule has 1 aliphatic heterocycles. The summed E-state index contributed by atoms with van der Waals surface area (Å²) in [6.45, 7) is 3.32. The van der Waals surface area contributed by atoms with Crippen molar-refractivity contribution in [3.8, 4) is 0 Å². The molecule has 0 spiro atoms. The lowest BCUT2D eigenvalue weighted by Gasteiger charge is -2.44. The maximum Gasteiger partial charge on any atom is 0.353 e. The Morgan fingerprint density at radius 2 is 2.19 bits per heavy atom. The fourth-order valence-electron chi connectivity index (χ4n) is 2.24. The van der Waals surface area contributed by atoms with Gasteiger partial charge in [-0.1, -0.05) is 17.8 Å². The van der Waals surface area contributed by atoms with E-state index in [9.17, 15) is 24.3 Å². The van der Waals surface area contributed by atoms with Gasteiger partial charge in [-0.15, -0.1) is 11.3 Å². The number of likely N-dealkylation sites (tertiary alicyclic amines) is 1. The second-order valence-electron chi connectivity index (χ2n) is 5.02. The summed E-state index contributed by atoms with van der Waals surface area (Å²) in [5, 5.41) is 23.9. The number of carbonyl (C=O) groups excluding carboxylic acids is 3.